The highest BCUT2D eigenvalue weighted by atomic mass is 16.5. The monoisotopic (exact) mass is 378 g/mol. The van der Waals surface area contributed by atoms with Gasteiger partial charge in [-0.25, -0.2) is 0 Å². The van der Waals surface area contributed by atoms with Gasteiger partial charge < -0.3 is 15.4 Å². The fraction of sp³-hybridized carbons (Fsp3) is 0.304. The first kappa shape index (κ1) is 19.7. The molecular weight excluding hydrogens is 352 g/mol. The van der Waals surface area contributed by atoms with E-state index in [0.29, 0.717) is 23.4 Å². The minimum absolute atomic E-state index is 0.112. The first-order valence-corrected chi connectivity index (χ1v) is 9.67. The van der Waals surface area contributed by atoms with Gasteiger partial charge in [0.15, 0.2) is 0 Å². The van der Waals surface area contributed by atoms with E-state index in [1.165, 1.54) is 18.4 Å². The molecule has 0 aliphatic heterocycles. The van der Waals surface area contributed by atoms with Crippen LogP contribution in [0.25, 0.3) is 0 Å². The molecule has 0 bridgehead atoms. The van der Waals surface area contributed by atoms with Crippen molar-refractivity contribution < 1.29 is 14.3 Å². The van der Waals surface area contributed by atoms with Crippen LogP contribution < -0.4 is 15.4 Å². The summed E-state index contributed by atoms with van der Waals surface area (Å²) in [6, 6.07) is 13.8. The highest BCUT2D eigenvalue weighted by molar-refractivity contribution is 6.05. The third-order valence-electron chi connectivity index (χ3n) is 4.87. The van der Waals surface area contributed by atoms with Gasteiger partial charge in [-0.05, 0) is 80.6 Å². The SMILES string of the molecule is COc1ccc(NC(=O)c2ccc(C(=O)NCCC3=CCCCC3)cc2)cc1. The van der Waals surface area contributed by atoms with Crippen molar-refractivity contribution >= 4 is 17.5 Å². The molecule has 0 unspecified atom stereocenters. The molecular formula is C23H26N2O3. The number of allylic oxidation sites excluding steroid dienone is 1. The highest BCUT2D eigenvalue weighted by Crippen LogP contribution is 2.19. The minimum atomic E-state index is -0.221. The minimum Gasteiger partial charge on any atom is -0.497 e. The molecule has 5 nitrogen and oxygen atoms in total. The van der Waals surface area contributed by atoms with E-state index in [1.54, 1.807) is 55.6 Å². The maximum atomic E-state index is 12.3. The lowest BCUT2D eigenvalue weighted by molar-refractivity contribution is 0.0952. The van der Waals surface area contributed by atoms with Crippen LogP contribution in [0.3, 0.4) is 0 Å². The number of hydrogen-bond acceptors (Lipinski definition) is 3. The Morgan fingerprint density at radius 1 is 0.929 bits per heavy atom. The van der Waals surface area contributed by atoms with E-state index in [9.17, 15) is 9.59 Å². The number of hydrogen-bond donors (Lipinski definition) is 2. The molecule has 146 valence electrons. The van der Waals surface area contributed by atoms with Crippen molar-refractivity contribution in [1.82, 2.24) is 5.32 Å². The third kappa shape index (κ3) is 5.46. The predicted octanol–water partition coefficient (Wildman–Crippen LogP) is 4.57. The van der Waals surface area contributed by atoms with Crippen molar-refractivity contribution in [3.05, 3.63) is 71.3 Å². The molecule has 28 heavy (non-hydrogen) atoms. The lowest BCUT2D eigenvalue weighted by atomic mass is 9.97. The van der Waals surface area contributed by atoms with Gasteiger partial charge in [0.05, 0.1) is 7.11 Å². The summed E-state index contributed by atoms with van der Waals surface area (Å²) in [5.41, 5.74) is 3.18. The second-order valence-corrected chi connectivity index (χ2v) is 6.87. The Balaban J connectivity index is 1.50. The molecule has 2 N–H and O–H groups in total. The van der Waals surface area contributed by atoms with Crippen LogP contribution in [0.1, 0.15) is 52.8 Å². The van der Waals surface area contributed by atoms with Gasteiger partial charge in [-0.15, -0.1) is 0 Å². The third-order valence-corrected chi connectivity index (χ3v) is 4.87. The van der Waals surface area contributed by atoms with Crippen molar-refractivity contribution in [3.8, 4) is 5.75 Å². The second kappa shape index (κ2) is 9.74. The highest BCUT2D eigenvalue weighted by Gasteiger charge is 2.10. The molecule has 0 radical (unpaired) electrons. The molecule has 0 atom stereocenters. The number of anilines is 1. The molecule has 2 amide bonds. The molecule has 2 aromatic rings. The normalized spacial score (nSPS) is 13.4. The van der Waals surface area contributed by atoms with Crippen LogP contribution in [-0.2, 0) is 0 Å². The number of ether oxygens (including phenoxy) is 1. The van der Waals surface area contributed by atoms with Gasteiger partial charge in [-0.1, -0.05) is 11.6 Å². The Bertz CT molecular complexity index is 839. The fourth-order valence-electron chi connectivity index (χ4n) is 3.22. The number of carbonyl (C=O) groups excluding carboxylic acids is 2. The number of amides is 2. The molecule has 0 aromatic heterocycles. The summed E-state index contributed by atoms with van der Waals surface area (Å²) in [5.74, 6) is 0.396. The predicted molar refractivity (Wildman–Crippen MR) is 111 cm³/mol. The van der Waals surface area contributed by atoms with Gasteiger partial charge in [0.1, 0.15) is 5.75 Å². The Hall–Kier alpha value is -3.08. The van der Waals surface area contributed by atoms with Crippen molar-refractivity contribution in [1.29, 1.82) is 0 Å². The van der Waals surface area contributed by atoms with Crippen LogP contribution in [0.4, 0.5) is 5.69 Å². The first-order chi connectivity index (χ1) is 13.7. The smallest absolute Gasteiger partial charge is 0.255 e. The summed E-state index contributed by atoms with van der Waals surface area (Å²) in [5, 5.41) is 5.78. The van der Waals surface area contributed by atoms with Crippen molar-refractivity contribution in [2.75, 3.05) is 19.0 Å². The largest absolute Gasteiger partial charge is 0.497 e. The lowest BCUT2D eigenvalue weighted by Crippen LogP contribution is -2.25. The average molecular weight is 378 g/mol. The van der Waals surface area contributed by atoms with Crippen LogP contribution in [0.5, 0.6) is 5.75 Å². The molecule has 1 aliphatic carbocycles. The molecule has 0 saturated carbocycles. The second-order valence-electron chi connectivity index (χ2n) is 6.87. The van der Waals surface area contributed by atoms with Crippen molar-refractivity contribution in [2.24, 2.45) is 0 Å². The molecule has 1 aliphatic rings. The van der Waals surface area contributed by atoms with E-state index in [0.717, 1.165) is 25.0 Å². The summed E-state index contributed by atoms with van der Waals surface area (Å²) in [7, 11) is 1.60. The maximum Gasteiger partial charge on any atom is 0.255 e. The first-order valence-electron chi connectivity index (χ1n) is 9.67. The van der Waals surface area contributed by atoms with Gasteiger partial charge >= 0.3 is 0 Å². The van der Waals surface area contributed by atoms with Crippen LogP contribution in [0, 0.1) is 0 Å². The molecule has 0 saturated heterocycles. The van der Waals surface area contributed by atoms with Crippen LogP contribution in [-0.4, -0.2) is 25.5 Å². The van der Waals surface area contributed by atoms with E-state index in [4.69, 9.17) is 4.74 Å². The standard InChI is InChI=1S/C23H26N2O3/c1-28-21-13-11-20(12-14-21)25-23(27)19-9-7-18(8-10-19)22(26)24-16-15-17-5-3-2-4-6-17/h5,7-14H,2-4,6,15-16H2,1H3,(H,24,26)(H,25,27). The summed E-state index contributed by atoms with van der Waals surface area (Å²) >= 11 is 0. The Morgan fingerprint density at radius 3 is 2.21 bits per heavy atom. The number of carbonyl (C=O) groups is 2. The van der Waals surface area contributed by atoms with Gasteiger partial charge in [0, 0.05) is 23.4 Å². The van der Waals surface area contributed by atoms with Gasteiger partial charge in [-0.2, -0.15) is 0 Å². The fourth-order valence-corrected chi connectivity index (χ4v) is 3.22. The molecule has 0 spiro atoms. The van der Waals surface area contributed by atoms with Gasteiger partial charge in [0.25, 0.3) is 11.8 Å². The number of methoxy groups -OCH3 is 1. The quantitative estimate of drug-likeness (QED) is 0.694. The van der Waals surface area contributed by atoms with Gasteiger partial charge in [0.2, 0.25) is 0 Å². The van der Waals surface area contributed by atoms with E-state index >= 15 is 0 Å². The Morgan fingerprint density at radius 2 is 1.61 bits per heavy atom. The van der Waals surface area contributed by atoms with Crippen LogP contribution >= 0.6 is 0 Å². The number of benzene rings is 2. The molecule has 0 fully saturated rings. The molecule has 5 heteroatoms. The Kier molecular flexibility index (Phi) is 6.84. The number of nitrogens with one attached hydrogen (secondary N) is 2. The zero-order valence-corrected chi connectivity index (χ0v) is 16.2. The topological polar surface area (TPSA) is 67.4 Å². The summed E-state index contributed by atoms with van der Waals surface area (Å²) in [6.45, 7) is 0.643. The maximum absolute atomic E-state index is 12.3. The van der Waals surface area contributed by atoms with E-state index in [1.807, 2.05) is 0 Å². The van der Waals surface area contributed by atoms with E-state index in [-0.39, 0.29) is 11.8 Å². The Labute approximate surface area is 165 Å². The average Bonchev–Trinajstić information content (AvgIpc) is 2.75. The zero-order chi connectivity index (χ0) is 19.8. The van der Waals surface area contributed by atoms with Crippen molar-refractivity contribution in [3.63, 3.8) is 0 Å². The van der Waals surface area contributed by atoms with Gasteiger partial charge in [-0.3, -0.25) is 9.59 Å². The molecule has 0 heterocycles. The molecule has 2 aromatic carbocycles. The lowest BCUT2D eigenvalue weighted by Gasteiger charge is -2.13. The number of rotatable bonds is 7. The van der Waals surface area contributed by atoms with Crippen molar-refractivity contribution in [2.45, 2.75) is 32.1 Å². The van der Waals surface area contributed by atoms with Crippen LogP contribution in [0.2, 0.25) is 0 Å². The summed E-state index contributed by atoms with van der Waals surface area (Å²) in [4.78, 5) is 24.6. The summed E-state index contributed by atoms with van der Waals surface area (Å²) in [6.07, 6.45) is 8.03. The summed E-state index contributed by atoms with van der Waals surface area (Å²) < 4.78 is 5.10. The molecule has 3 rings (SSSR count). The van der Waals surface area contributed by atoms with E-state index in [2.05, 4.69) is 16.7 Å². The van der Waals surface area contributed by atoms with Crippen LogP contribution in [0.15, 0.2) is 60.2 Å². The zero-order valence-electron chi connectivity index (χ0n) is 16.2. The van der Waals surface area contributed by atoms with E-state index < -0.39 is 0 Å².